The van der Waals surface area contributed by atoms with E-state index in [1.807, 2.05) is 24.5 Å². The van der Waals surface area contributed by atoms with Crippen molar-refractivity contribution in [3.05, 3.63) is 29.0 Å². The quantitative estimate of drug-likeness (QED) is 0.860. The average molecular weight is 335 g/mol. The molecule has 0 saturated carbocycles. The van der Waals surface area contributed by atoms with Gasteiger partial charge in [-0.15, -0.1) is 0 Å². The minimum atomic E-state index is 0.935. The highest BCUT2D eigenvalue weighted by Gasteiger charge is 2.13. The normalized spacial score (nSPS) is 15.9. The SMILES string of the molecule is CN(CCN1CCCC1)c1ccnc2cc(Br)cnc12. The van der Waals surface area contributed by atoms with Crippen LogP contribution >= 0.6 is 15.9 Å². The van der Waals surface area contributed by atoms with E-state index < -0.39 is 0 Å². The molecule has 1 saturated heterocycles. The van der Waals surface area contributed by atoms with Gasteiger partial charge in [-0.25, -0.2) is 0 Å². The molecule has 0 unspecified atom stereocenters. The second-order valence-corrected chi connectivity index (χ2v) is 6.24. The molecule has 2 aromatic heterocycles. The van der Waals surface area contributed by atoms with Gasteiger partial charge < -0.3 is 9.80 Å². The number of rotatable bonds is 4. The number of hydrogen-bond acceptors (Lipinski definition) is 4. The number of likely N-dealkylation sites (tertiary alicyclic amines) is 1. The molecule has 0 atom stereocenters. The van der Waals surface area contributed by atoms with Crippen LogP contribution in [0.25, 0.3) is 11.0 Å². The molecule has 1 aliphatic rings. The summed E-state index contributed by atoms with van der Waals surface area (Å²) in [5, 5.41) is 0. The van der Waals surface area contributed by atoms with Crippen molar-refractivity contribution in [1.82, 2.24) is 14.9 Å². The van der Waals surface area contributed by atoms with E-state index in [2.05, 4.69) is 42.7 Å². The molecule has 20 heavy (non-hydrogen) atoms. The number of anilines is 1. The molecule has 5 heteroatoms. The molecule has 2 aromatic rings. The summed E-state index contributed by atoms with van der Waals surface area (Å²) in [6.45, 7) is 4.64. The van der Waals surface area contributed by atoms with Crippen molar-refractivity contribution in [2.45, 2.75) is 12.8 Å². The third-order valence-corrected chi connectivity index (χ3v) is 4.32. The molecule has 106 valence electrons. The van der Waals surface area contributed by atoms with Gasteiger partial charge in [0, 0.05) is 37.0 Å². The highest BCUT2D eigenvalue weighted by atomic mass is 79.9. The average Bonchev–Trinajstić information content (AvgIpc) is 2.97. The van der Waals surface area contributed by atoms with E-state index in [-0.39, 0.29) is 0 Å². The summed E-state index contributed by atoms with van der Waals surface area (Å²) < 4.78 is 0.967. The molecule has 0 aliphatic carbocycles. The Morgan fingerprint density at radius 1 is 1.30 bits per heavy atom. The molecular formula is C15H19BrN4. The lowest BCUT2D eigenvalue weighted by molar-refractivity contribution is 0.347. The molecular weight excluding hydrogens is 316 g/mol. The van der Waals surface area contributed by atoms with Gasteiger partial charge in [0.1, 0.15) is 5.52 Å². The van der Waals surface area contributed by atoms with Crippen LogP contribution in [0.5, 0.6) is 0 Å². The van der Waals surface area contributed by atoms with Crippen LogP contribution in [0.4, 0.5) is 5.69 Å². The lowest BCUT2D eigenvalue weighted by atomic mass is 10.2. The first kappa shape index (κ1) is 13.8. The van der Waals surface area contributed by atoms with E-state index in [1.165, 1.54) is 25.9 Å². The first-order valence-corrected chi connectivity index (χ1v) is 7.87. The second kappa shape index (κ2) is 6.06. The van der Waals surface area contributed by atoms with Crippen LogP contribution in [0.2, 0.25) is 0 Å². The molecule has 1 fully saturated rings. The lowest BCUT2D eigenvalue weighted by Gasteiger charge is -2.23. The molecule has 0 radical (unpaired) electrons. The van der Waals surface area contributed by atoms with Gasteiger partial charge in [0.15, 0.2) is 0 Å². The number of fused-ring (bicyclic) bond motifs is 1. The predicted octanol–water partition coefficient (Wildman–Crippen LogP) is 2.92. The lowest BCUT2D eigenvalue weighted by Crippen LogP contribution is -2.31. The molecule has 3 heterocycles. The standard InChI is InChI=1S/C15H19BrN4/c1-19(8-9-20-6-2-3-7-20)14-4-5-17-13-10-12(16)11-18-15(13)14/h4-5,10-11H,2-3,6-9H2,1H3. The van der Waals surface area contributed by atoms with Gasteiger partial charge in [0.2, 0.25) is 0 Å². The molecule has 4 nitrogen and oxygen atoms in total. The molecule has 0 spiro atoms. The number of likely N-dealkylation sites (N-methyl/N-ethyl adjacent to an activating group) is 1. The minimum Gasteiger partial charge on any atom is -0.371 e. The van der Waals surface area contributed by atoms with Crippen LogP contribution in [0.3, 0.4) is 0 Å². The van der Waals surface area contributed by atoms with E-state index in [0.717, 1.165) is 34.3 Å². The van der Waals surface area contributed by atoms with Gasteiger partial charge >= 0.3 is 0 Å². The van der Waals surface area contributed by atoms with Crippen LogP contribution in [0.1, 0.15) is 12.8 Å². The van der Waals surface area contributed by atoms with Crippen molar-refractivity contribution in [2.75, 3.05) is 38.1 Å². The van der Waals surface area contributed by atoms with E-state index >= 15 is 0 Å². The van der Waals surface area contributed by atoms with Crippen LogP contribution < -0.4 is 4.90 Å². The fraction of sp³-hybridized carbons (Fsp3) is 0.467. The maximum Gasteiger partial charge on any atom is 0.112 e. The third-order valence-electron chi connectivity index (χ3n) is 3.88. The Morgan fingerprint density at radius 2 is 2.10 bits per heavy atom. The van der Waals surface area contributed by atoms with Gasteiger partial charge in [-0.2, -0.15) is 0 Å². The summed E-state index contributed by atoms with van der Waals surface area (Å²) in [6, 6.07) is 4.06. The highest BCUT2D eigenvalue weighted by molar-refractivity contribution is 9.10. The van der Waals surface area contributed by atoms with Crippen molar-refractivity contribution in [1.29, 1.82) is 0 Å². The molecule has 1 aliphatic heterocycles. The van der Waals surface area contributed by atoms with Gasteiger partial charge in [-0.1, -0.05) is 0 Å². The summed E-state index contributed by atoms with van der Waals surface area (Å²) in [7, 11) is 2.13. The van der Waals surface area contributed by atoms with Crippen molar-refractivity contribution in [2.24, 2.45) is 0 Å². The summed E-state index contributed by atoms with van der Waals surface area (Å²) in [6.07, 6.45) is 6.38. The zero-order chi connectivity index (χ0) is 13.9. The number of aromatic nitrogens is 2. The minimum absolute atomic E-state index is 0.935. The summed E-state index contributed by atoms with van der Waals surface area (Å²) in [5.74, 6) is 0. The smallest absolute Gasteiger partial charge is 0.112 e. The van der Waals surface area contributed by atoms with Crippen molar-refractivity contribution >= 4 is 32.7 Å². The van der Waals surface area contributed by atoms with E-state index in [9.17, 15) is 0 Å². The van der Waals surface area contributed by atoms with Crippen LogP contribution in [0.15, 0.2) is 29.0 Å². The van der Waals surface area contributed by atoms with E-state index in [1.54, 1.807) is 0 Å². The van der Waals surface area contributed by atoms with Crippen molar-refractivity contribution in [3.8, 4) is 0 Å². The maximum absolute atomic E-state index is 4.52. The summed E-state index contributed by atoms with van der Waals surface area (Å²) in [5.41, 5.74) is 3.06. The Balaban J connectivity index is 1.78. The van der Waals surface area contributed by atoms with Crippen LogP contribution in [-0.4, -0.2) is 48.1 Å². The molecule has 0 bridgehead atoms. The fourth-order valence-electron chi connectivity index (χ4n) is 2.72. The summed E-state index contributed by atoms with van der Waals surface area (Å²) in [4.78, 5) is 13.7. The monoisotopic (exact) mass is 334 g/mol. The topological polar surface area (TPSA) is 32.3 Å². The zero-order valence-electron chi connectivity index (χ0n) is 11.7. The van der Waals surface area contributed by atoms with E-state index in [4.69, 9.17) is 0 Å². The number of pyridine rings is 2. The van der Waals surface area contributed by atoms with Gasteiger partial charge in [0.25, 0.3) is 0 Å². The fourth-order valence-corrected chi connectivity index (χ4v) is 3.04. The predicted molar refractivity (Wildman–Crippen MR) is 86.2 cm³/mol. The van der Waals surface area contributed by atoms with Crippen molar-refractivity contribution < 1.29 is 0 Å². The number of halogens is 1. The second-order valence-electron chi connectivity index (χ2n) is 5.32. The first-order chi connectivity index (χ1) is 9.74. The van der Waals surface area contributed by atoms with Crippen LogP contribution in [0, 0.1) is 0 Å². The molecule has 0 N–H and O–H groups in total. The summed E-state index contributed by atoms with van der Waals surface area (Å²) >= 11 is 3.45. The van der Waals surface area contributed by atoms with Gasteiger partial charge in [-0.05, 0) is 54.0 Å². The largest absolute Gasteiger partial charge is 0.371 e. The highest BCUT2D eigenvalue weighted by Crippen LogP contribution is 2.24. The van der Waals surface area contributed by atoms with Gasteiger partial charge in [-0.3, -0.25) is 9.97 Å². The Morgan fingerprint density at radius 3 is 2.90 bits per heavy atom. The molecule has 0 amide bonds. The first-order valence-electron chi connectivity index (χ1n) is 7.08. The number of nitrogens with zero attached hydrogens (tertiary/aromatic N) is 4. The van der Waals surface area contributed by atoms with Crippen molar-refractivity contribution in [3.63, 3.8) is 0 Å². The molecule has 3 rings (SSSR count). The molecule has 0 aromatic carbocycles. The Labute approximate surface area is 127 Å². The Kier molecular flexibility index (Phi) is 4.17. The zero-order valence-corrected chi connectivity index (χ0v) is 13.3. The third kappa shape index (κ3) is 2.94. The van der Waals surface area contributed by atoms with Gasteiger partial charge in [0.05, 0.1) is 11.2 Å². The number of hydrogen-bond donors (Lipinski definition) is 0. The Hall–Kier alpha value is -1.20. The maximum atomic E-state index is 4.52. The van der Waals surface area contributed by atoms with E-state index in [0.29, 0.717) is 0 Å². The Bertz CT molecular complexity index is 595. The van der Waals surface area contributed by atoms with Crippen LogP contribution in [-0.2, 0) is 0 Å².